The van der Waals surface area contributed by atoms with Crippen molar-refractivity contribution in [2.45, 2.75) is 19.5 Å². The number of hydrogen-bond acceptors (Lipinski definition) is 3. The maximum Gasteiger partial charge on any atom is 0.573 e. The van der Waals surface area contributed by atoms with E-state index in [1.165, 1.54) is 24.3 Å². The summed E-state index contributed by atoms with van der Waals surface area (Å²) < 4.78 is 81.9. The minimum atomic E-state index is -4.95. The van der Waals surface area contributed by atoms with Crippen LogP contribution < -0.4 is 9.64 Å². The van der Waals surface area contributed by atoms with Gasteiger partial charge in [-0.15, -0.1) is 13.2 Å². The molecule has 0 bridgehead atoms. The van der Waals surface area contributed by atoms with Crippen LogP contribution >= 0.6 is 11.6 Å². The van der Waals surface area contributed by atoms with Gasteiger partial charge in [0.05, 0.1) is 11.3 Å². The largest absolute Gasteiger partial charge is 0.573 e. The summed E-state index contributed by atoms with van der Waals surface area (Å²) in [7, 11) is 0. The normalized spacial score (nSPS) is 14.2. The van der Waals surface area contributed by atoms with Gasteiger partial charge in [-0.25, -0.2) is 4.99 Å². The molecule has 0 radical (unpaired) electrons. The topological polar surface area (TPSA) is 41.9 Å². The van der Waals surface area contributed by atoms with E-state index in [4.69, 9.17) is 11.6 Å². The van der Waals surface area contributed by atoms with Gasteiger partial charge in [0.25, 0.3) is 5.91 Å². The maximum absolute atomic E-state index is 13.2. The van der Waals surface area contributed by atoms with Gasteiger partial charge in [0, 0.05) is 28.4 Å². The molecule has 0 atom stereocenters. The molecular weight excluding hydrogens is 522 g/mol. The van der Waals surface area contributed by atoms with Crippen LogP contribution in [0.3, 0.4) is 0 Å². The molecule has 3 aromatic carbocycles. The van der Waals surface area contributed by atoms with Crippen molar-refractivity contribution >= 4 is 34.5 Å². The Morgan fingerprint density at radius 1 is 0.892 bits per heavy atom. The molecule has 4 nitrogen and oxygen atoms in total. The fraction of sp³-hybridized carbons (Fsp3) is 0.154. The zero-order valence-electron chi connectivity index (χ0n) is 19.0. The number of likely N-dealkylation sites (N-methyl/N-ethyl adjacent to an activating group) is 1. The van der Waals surface area contributed by atoms with Crippen LogP contribution in [0.15, 0.2) is 83.5 Å². The van der Waals surface area contributed by atoms with Crippen LogP contribution in [0.5, 0.6) is 5.75 Å². The van der Waals surface area contributed by atoms with Crippen molar-refractivity contribution in [2.24, 2.45) is 4.99 Å². The van der Waals surface area contributed by atoms with Gasteiger partial charge in [-0.3, -0.25) is 4.79 Å². The molecule has 3 aromatic rings. The number of aliphatic imine (C=N–C) groups is 1. The lowest BCUT2D eigenvalue weighted by Gasteiger charge is -2.25. The Morgan fingerprint density at radius 3 is 2.11 bits per heavy atom. The van der Waals surface area contributed by atoms with Crippen LogP contribution in [0, 0.1) is 0 Å². The number of alkyl halides is 6. The number of halogens is 7. The van der Waals surface area contributed by atoms with Crippen LogP contribution in [-0.2, 0) is 11.0 Å². The first-order chi connectivity index (χ1) is 17.4. The number of nitrogens with zero attached hydrogens (tertiary/aromatic N) is 2. The van der Waals surface area contributed by atoms with E-state index in [2.05, 4.69) is 9.73 Å². The van der Waals surface area contributed by atoms with Crippen LogP contribution in [0.1, 0.15) is 23.6 Å². The molecule has 0 aliphatic carbocycles. The molecule has 1 amide bonds. The number of hydrogen-bond donors (Lipinski definition) is 0. The Morgan fingerprint density at radius 2 is 1.54 bits per heavy atom. The van der Waals surface area contributed by atoms with Gasteiger partial charge < -0.3 is 9.64 Å². The summed E-state index contributed by atoms with van der Waals surface area (Å²) in [5.41, 5.74) is 0.229. The molecule has 0 unspecified atom stereocenters. The molecule has 11 heteroatoms. The molecule has 0 saturated heterocycles. The molecule has 1 aliphatic rings. The Labute approximate surface area is 212 Å². The van der Waals surface area contributed by atoms with Crippen molar-refractivity contribution in [3.63, 3.8) is 0 Å². The highest BCUT2D eigenvalue weighted by atomic mass is 35.5. The molecule has 0 N–H and O–H groups in total. The van der Waals surface area contributed by atoms with Gasteiger partial charge in [0.1, 0.15) is 11.4 Å². The zero-order chi connectivity index (χ0) is 27.0. The molecule has 0 aromatic heterocycles. The summed E-state index contributed by atoms with van der Waals surface area (Å²) in [6, 6.07) is 15.5. The fourth-order valence-electron chi connectivity index (χ4n) is 3.92. The molecule has 4 rings (SSSR count). The number of amides is 1. The number of carbonyl (C=O) groups is 1. The van der Waals surface area contributed by atoms with E-state index in [0.29, 0.717) is 10.7 Å². The van der Waals surface area contributed by atoms with Gasteiger partial charge in [-0.1, -0.05) is 35.9 Å². The van der Waals surface area contributed by atoms with E-state index in [1.54, 1.807) is 36.1 Å². The Bertz CT molecular complexity index is 1380. The molecule has 192 valence electrons. The monoisotopic (exact) mass is 538 g/mol. The highest BCUT2D eigenvalue weighted by Gasteiger charge is 2.35. The second-order valence-electron chi connectivity index (χ2n) is 7.86. The number of carbonyl (C=O) groups excluding carboxylic acids is 1. The zero-order valence-corrected chi connectivity index (χ0v) is 19.7. The molecule has 1 aliphatic heterocycles. The fourth-order valence-corrected chi connectivity index (χ4v) is 4.05. The second-order valence-corrected chi connectivity index (χ2v) is 8.30. The minimum Gasteiger partial charge on any atom is -0.406 e. The summed E-state index contributed by atoms with van der Waals surface area (Å²) in [6.07, 6.45) is -9.53. The van der Waals surface area contributed by atoms with Crippen molar-refractivity contribution in [1.82, 2.24) is 0 Å². The molecule has 37 heavy (non-hydrogen) atoms. The van der Waals surface area contributed by atoms with Crippen molar-refractivity contribution in [1.29, 1.82) is 0 Å². The van der Waals surface area contributed by atoms with E-state index < -0.39 is 29.8 Å². The summed E-state index contributed by atoms with van der Waals surface area (Å²) in [5.74, 6) is -1.24. The van der Waals surface area contributed by atoms with Gasteiger partial charge in [0.2, 0.25) is 0 Å². The first-order valence-corrected chi connectivity index (χ1v) is 11.2. The summed E-state index contributed by atoms with van der Waals surface area (Å²) in [4.78, 5) is 18.9. The third kappa shape index (κ3) is 5.80. The Hall–Kier alpha value is -3.79. The smallest absolute Gasteiger partial charge is 0.406 e. The number of anilines is 1. The number of ether oxygens (including phenoxy) is 1. The van der Waals surface area contributed by atoms with Crippen molar-refractivity contribution in [2.75, 3.05) is 11.4 Å². The average molecular weight is 539 g/mol. The van der Waals surface area contributed by atoms with E-state index in [9.17, 15) is 31.1 Å². The molecule has 0 fully saturated rings. The maximum atomic E-state index is 13.2. The van der Waals surface area contributed by atoms with E-state index in [1.807, 2.05) is 0 Å². The predicted molar refractivity (Wildman–Crippen MR) is 128 cm³/mol. The van der Waals surface area contributed by atoms with Crippen LogP contribution in [0.2, 0.25) is 5.02 Å². The minimum absolute atomic E-state index is 0.000188. The van der Waals surface area contributed by atoms with Crippen LogP contribution in [-0.4, -0.2) is 24.5 Å². The van der Waals surface area contributed by atoms with E-state index in [0.717, 1.165) is 24.3 Å². The third-order valence-electron chi connectivity index (χ3n) is 5.46. The van der Waals surface area contributed by atoms with Crippen molar-refractivity contribution in [3.05, 3.63) is 100 Å². The molecule has 0 spiro atoms. The van der Waals surface area contributed by atoms with E-state index in [-0.39, 0.29) is 34.7 Å². The second kappa shape index (κ2) is 9.93. The van der Waals surface area contributed by atoms with Gasteiger partial charge in [0.15, 0.2) is 0 Å². The first-order valence-electron chi connectivity index (χ1n) is 10.8. The lowest BCUT2D eigenvalue weighted by Crippen LogP contribution is -2.26. The highest BCUT2D eigenvalue weighted by Crippen LogP contribution is 2.37. The summed E-state index contributed by atoms with van der Waals surface area (Å²) in [6.45, 7) is 2.03. The molecule has 0 saturated carbocycles. The van der Waals surface area contributed by atoms with Gasteiger partial charge >= 0.3 is 12.5 Å². The van der Waals surface area contributed by atoms with Crippen molar-refractivity contribution < 1.29 is 35.9 Å². The lowest BCUT2D eigenvalue weighted by atomic mass is 9.94. The molecule has 1 heterocycles. The Kier molecular flexibility index (Phi) is 7.05. The Balaban J connectivity index is 1.90. The number of rotatable bonds is 6. The lowest BCUT2D eigenvalue weighted by molar-refractivity contribution is -0.274. The summed E-state index contributed by atoms with van der Waals surface area (Å²) in [5, 5.41) is 0.452. The number of benzene rings is 3. The number of allylic oxidation sites excluding steroid dienone is 1. The molecular formula is C26H17ClF6N2O2. The average Bonchev–Trinajstić information content (AvgIpc) is 3.16. The SMILES string of the molecule is CCN(C1=C(c2ccc(C(F)(F)F)cc2)C(c2cccc(OC(F)(F)F)c2)=NC1=O)c1ccc(Cl)cc1. The van der Waals surface area contributed by atoms with Gasteiger partial charge in [-0.2, -0.15) is 13.2 Å². The predicted octanol–water partition coefficient (Wildman–Crippen LogP) is 7.52. The first kappa shape index (κ1) is 26.3. The van der Waals surface area contributed by atoms with Gasteiger partial charge in [-0.05, 0) is 61.0 Å². The quantitative estimate of drug-likeness (QED) is 0.305. The highest BCUT2D eigenvalue weighted by molar-refractivity contribution is 6.42. The summed E-state index contributed by atoms with van der Waals surface area (Å²) >= 11 is 5.98. The third-order valence-corrected chi connectivity index (χ3v) is 5.71. The van der Waals surface area contributed by atoms with E-state index >= 15 is 0 Å². The standard InChI is InChI=1S/C26H17ClF6N2O2/c1-2-35(19-12-10-18(27)11-13-19)23-21(15-6-8-17(9-7-15)25(28,29)30)22(34-24(23)36)16-4-3-5-20(14-16)37-26(31,32)33/h3-14H,2H2,1H3. The van der Waals surface area contributed by atoms with Crippen LogP contribution in [0.25, 0.3) is 5.57 Å². The van der Waals surface area contributed by atoms with Crippen molar-refractivity contribution in [3.8, 4) is 5.75 Å². The van der Waals surface area contributed by atoms with Crippen LogP contribution in [0.4, 0.5) is 32.0 Å².